The molecule has 3 nitrogen and oxygen atoms in total. The van der Waals surface area contributed by atoms with Crippen LogP contribution >= 0.6 is 0 Å². The zero-order valence-electron chi connectivity index (χ0n) is 7.60. The van der Waals surface area contributed by atoms with Crippen LogP contribution in [0.5, 0.6) is 0 Å². The molecule has 0 bridgehead atoms. The highest BCUT2D eigenvalue weighted by atomic mass is 32.2. The van der Waals surface area contributed by atoms with Crippen LogP contribution in [0.3, 0.4) is 0 Å². The first-order valence-electron chi connectivity index (χ1n) is 3.42. The third-order valence-corrected chi connectivity index (χ3v) is 1.65. The van der Waals surface area contributed by atoms with Gasteiger partial charge >= 0.3 is 22.2 Å². The predicted octanol–water partition coefficient (Wildman–Crippen LogP) is 2.06. The molecule has 0 aliphatic heterocycles. The van der Waals surface area contributed by atoms with Crippen molar-refractivity contribution in [2.45, 2.75) is 19.0 Å². The van der Waals surface area contributed by atoms with Crippen LogP contribution in [0.4, 0.5) is 22.0 Å². The second kappa shape index (κ2) is 3.95. The molecule has 0 rings (SSSR count). The fourth-order valence-corrected chi connectivity index (χ4v) is 1.11. The molecule has 0 aliphatic rings. The summed E-state index contributed by atoms with van der Waals surface area (Å²) in [6.45, 7) is 0.806. The molecule has 0 unspecified atom stereocenters. The molecular formula is C6H7F5O3S. The number of halogens is 5. The van der Waals surface area contributed by atoms with Gasteiger partial charge < -0.3 is 4.18 Å². The molecule has 0 amide bonds. The fourth-order valence-electron chi connectivity index (χ4n) is 0.584. The van der Waals surface area contributed by atoms with Crippen molar-refractivity contribution < 1.29 is 34.6 Å². The van der Waals surface area contributed by atoms with E-state index < -0.39 is 28.0 Å². The van der Waals surface area contributed by atoms with Crippen LogP contribution in [0, 0.1) is 0 Å². The molecule has 0 fully saturated rings. The number of hydrogen-bond donors (Lipinski definition) is 0. The average molecular weight is 254 g/mol. The molecule has 0 aromatic rings. The molecule has 0 N–H and O–H groups in total. The van der Waals surface area contributed by atoms with Crippen molar-refractivity contribution >= 4 is 10.1 Å². The lowest BCUT2D eigenvalue weighted by Crippen LogP contribution is -2.39. The largest absolute Gasteiger partial charge is 0.461 e. The zero-order valence-corrected chi connectivity index (χ0v) is 8.42. The molecule has 0 radical (unpaired) electrons. The van der Waals surface area contributed by atoms with Crippen LogP contribution in [-0.2, 0) is 14.3 Å². The molecule has 0 heterocycles. The summed E-state index contributed by atoms with van der Waals surface area (Å²) in [5.41, 5.74) is 0. The van der Waals surface area contributed by atoms with E-state index in [1.807, 2.05) is 0 Å². The van der Waals surface area contributed by atoms with Gasteiger partial charge in [-0.1, -0.05) is 0 Å². The van der Waals surface area contributed by atoms with Crippen molar-refractivity contribution in [2.24, 2.45) is 0 Å². The molecule has 0 saturated heterocycles. The van der Waals surface area contributed by atoms with Gasteiger partial charge in [-0.05, 0) is 13.0 Å². The van der Waals surface area contributed by atoms with Gasteiger partial charge in [0.2, 0.25) is 0 Å². The van der Waals surface area contributed by atoms with Gasteiger partial charge in [0.15, 0.2) is 5.76 Å². The molecule has 0 aromatic heterocycles. The van der Waals surface area contributed by atoms with Gasteiger partial charge in [0.05, 0.1) is 6.26 Å². The maximum atomic E-state index is 12.5. The summed E-state index contributed by atoms with van der Waals surface area (Å²) in [5, 5.41) is 0. The van der Waals surface area contributed by atoms with Gasteiger partial charge in [-0.2, -0.15) is 30.4 Å². The van der Waals surface area contributed by atoms with Crippen molar-refractivity contribution in [3.63, 3.8) is 0 Å². The molecule has 0 aliphatic carbocycles. The van der Waals surface area contributed by atoms with Crippen molar-refractivity contribution in [1.29, 1.82) is 0 Å². The topological polar surface area (TPSA) is 43.4 Å². The first kappa shape index (κ1) is 14.1. The minimum absolute atomic E-state index is 0.245. The lowest BCUT2D eigenvalue weighted by Gasteiger charge is -2.21. The molecule has 0 aromatic carbocycles. The second-order valence-corrected chi connectivity index (χ2v) is 4.09. The average Bonchev–Trinajstić information content (AvgIpc) is 1.95. The Balaban J connectivity index is 5.19. The summed E-state index contributed by atoms with van der Waals surface area (Å²) in [7, 11) is -4.43. The number of allylic oxidation sites excluding steroid dienone is 2. The van der Waals surface area contributed by atoms with E-state index in [-0.39, 0.29) is 6.08 Å². The van der Waals surface area contributed by atoms with Gasteiger partial charge in [-0.25, -0.2) is 0 Å². The highest BCUT2D eigenvalue weighted by molar-refractivity contribution is 7.86. The van der Waals surface area contributed by atoms with E-state index in [1.165, 1.54) is 0 Å². The Hall–Kier alpha value is -0.860. The lowest BCUT2D eigenvalue weighted by atomic mass is 10.2. The molecule has 9 heteroatoms. The van der Waals surface area contributed by atoms with Gasteiger partial charge in [-0.3, -0.25) is 0 Å². The van der Waals surface area contributed by atoms with Crippen LogP contribution < -0.4 is 0 Å². The predicted molar refractivity (Wildman–Crippen MR) is 40.7 cm³/mol. The smallest absolute Gasteiger partial charge is 0.381 e. The Bertz CT molecular complexity index is 353. The summed E-state index contributed by atoms with van der Waals surface area (Å²) >= 11 is 0. The second-order valence-electron chi connectivity index (χ2n) is 2.51. The summed E-state index contributed by atoms with van der Waals surface area (Å²) in [4.78, 5) is 0. The first-order valence-corrected chi connectivity index (χ1v) is 5.24. The van der Waals surface area contributed by atoms with E-state index in [0.29, 0.717) is 6.26 Å². The van der Waals surface area contributed by atoms with E-state index in [1.54, 1.807) is 0 Å². The zero-order chi connectivity index (χ0) is 12.5. The van der Waals surface area contributed by atoms with E-state index in [4.69, 9.17) is 0 Å². The maximum absolute atomic E-state index is 12.5. The van der Waals surface area contributed by atoms with Crippen LogP contribution in [0.1, 0.15) is 6.92 Å². The quantitative estimate of drug-likeness (QED) is 0.440. The van der Waals surface area contributed by atoms with E-state index in [9.17, 15) is 30.4 Å². The van der Waals surface area contributed by atoms with Crippen molar-refractivity contribution in [1.82, 2.24) is 0 Å². The van der Waals surface area contributed by atoms with Crippen LogP contribution in [0.15, 0.2) is 11.8 Å². The van der Waals surface area contributed by atoms with Crippen molar-refractivity contribution in [3.05, 3.63) is 11.8 Å². The standard InChI is InChI=1S/C6H7F5O3S/c1-3-4(14-15(2,12)13)5(7,8)6(9,10)11/h3H,1-2H3/b4-3-. The monoisotopic (exact) mass is 254 g/mol. The number of alkyl halides is 5. The molecule has 0 saturated carbocycles. The van der Waals surface area contributed by atoms with E-state index in [0.717, 1.165) is 6.92 Å². The number of hydrogen-bond acceptors (Lipinski definition) is 3. The highest BCUT2D eigenvalue weighted by Crippen LogP contribution is 2.41. The first-order chi connectivity index (χ1) is 6.42. The Labute approximate surface area is 82.6 Å². The Morgan fingerprint density at radius 1 is 1.20 bits per heavy atom. The van der Waals surface area contributed by atoms with Gasteiger partial charge in [0.25, 0.3) is 0 Å². The molecule has 15 heavy (non-hydrogen) atoms. The van der Waals surface area contributed by atoms with Crippen LogP contribution in [0.25, 0.3) is 0 Å². The lowest BCUT2D eigenvalue weighted by molar-refractivity contribution is -0.272. The third kappa shape index (κ3) is 3.65. The Kier molecular flexibility index (Phi) is 3.72. The van der Waals surface area contributed by atoms with Gasteiger partial charge in [0, 0.05) is 0 Å². The normalized spacial score (nSPS) is 15.3. The molecule has 90 valence electrons. The summed E-state index contributed by atoms with van der Waals surface area (Å²) in [6, 6.07) is 0. The minimum atomic E-state index is -5.90. The van der Waals surface area contributed by atoms with Crippen LogP contribution in [-0.4, -0.2) is 26.8 Å². The third-order valence-electron chi connectivity index (χ3n) is 1.17. The SMILES string of the molecule is C/C=C(\OS(C)(=O)=O)C(F)(F)C(F)(F)F. The molecule has 0 atom stereocenters. The van der Waals surface area contributed by atoms with Crippen molar-refractivity contribution in [3.8, 4) is 0 Å². The Morgan fingerprint density at radius 3 is 1.80 bits per heavy atom. The van der Waals surface area contributed by atoms with Crippen molar-refractivity contribution in [2.75, 3.05) is 6.26 Å². The molecule has 0 spiro atoms. The van der Waals surface area contributed by atoms with E-state index in [2.05, 4.69) is 4.18 Å². The number of rotatable bonds is 3. The fraction of sp³-hybridized carbons (Fsp3) is 0.667. The van der Waals surface area contributed by atoms with E-state index >= 15 is 0 Å². The van der Waals surface area contributed by atoms with Crippen LogP contribution in [0.2, 0.25) is 0 Å². The summed E-state index contributed by atoms with van der Waals surface area (Å²) in [6.07, 6.45) is -5.29. The van der Waals surface area contributed by atoms with Gasteiger partial charge in [-0.15, -0.1) is 0 Å². The molecular weight excluding hydrogens is 247 g/mol. The minimum Gasteiger partial charge on any atom is -0.381 e. The Morgan fingerprint density at radius 2 is 1.60 bits per heavy atom. The highest BCUT2D eigenvalue weighted by Gasteiger charge is 2.62. The summed E-state index contributed by atoms with van der Waals surface area (Å²) in [5.74, 6) is -7.29. The van der Waals surface area contributed by atoms with Gasteiger partial charge in [0.1, 0.15) is 0 Å². The maximum Gasteiger partial charge on any atom is 0.461 e. The summed E-state index contributed by atoms with van der Waals surface area (Å²) < 4.78 is 84.8.